The predicted molar refractivity (Wildman–Crippen MR) is 55.9 cm³/mol. The van der Waals surface area contributed by atoms with Gasteiger partial charge in [0.2, 0.25) is 0 Å². The summed E-state index contributed by atoms with van der Waals surface area (Å²) in [4.78, 5) is 0. The molecular weight excluding hydrogens is 174 g/mol. The van der Waals surface area contributed by atoms with Gasteiger partial charge in [-0.2, -0.15) is 0 Å². The van der Waals surface area contributed by atoms with Crippen LogP contribution >= 0.6 is 0 Å². The standard InChI is InChI=1S/C12H13NO/c1-14-12-3-2-6-13-8-10(7-11(12)13)9-4-5-9/h2-3,6-9H,4-5H2,1H3. The minimum Gasteiger partial charge on any atom is -0.495 e. The fourth-order valence-electron chi connectivity index (χ4n) is 1.94. The summed E-state index contributed by atoms with van der Waals surface area (Å²) in [7, 11) is 1.72. The maximum Gasteiger partial charge on any atom is 0.142 e. The highest BCUT2D eigenvalue weighted by Crippen LogP contribution is 2.41. The Hall–Kier alpha value is -1.44. The van der Waals surface area contributed by atoms with Crippen molar-refractivity contribution in [2.75, 3.05) is 7.11 Å². The zero-order chi connectivity index (χ0) is 9.54. The van der Waals surface area contributed by atoms with E-state index in [4.69, 9.17) is 4.74 Å². The lowest BCUT2D eigenvalue weighted by atomic mass is 10.2. The molecule has 1 aliphatic carbocycles. The molecule has 1 saturated carbocycles. The molecule has 0 amide bonds. The highest BCUT2D eigenvalue weighted by atomic mass is 16.5. The lowest BCUT2D eigenvalue weighted by Crippen LogP contribution is -1.86. The van der Waals surface area contributed by atoms with Crippen LogP contribution < -0.4 is 4.74 Å². The topological polar surface area (TPSA) is 13.6 Å². The Labute approximate surface area is 83.1 Å². The number of methoxy groups -OCH3 is 1. The molecule has 0 aliphatic heterocycles. The molecule has 1 aliphatic rings. The van der Waals surface area contributed by atoms with Gasteiger partial charge in [-0.05, 0) is 42.5 Å². The minimum absolute atomic E-state index is 0.805. The molecule has 2 aromatic rings. The smallest absolute Gasteiger partial charge is 0.142 e. The van der Waals surface area contributed by atoms with Crippen LogP contribution in [0.3, 0.4) is 0 Å². The van der Waals surface area contributed by atoms with Crippen molar-refractivity contribution in [1.82, 2.24) is 4.40 Å². The molecule has 0 unspecified atom stereocenters. The molecule has 1 fully saturated rings. The predicted octanol–water partition coefficient (Wildman–Crippen LogP) is 2.83. The Bertz CT molecular complexity index is 468. The summed E-state index contributed by atoms with van der Waals surface area (Å²) in [6.07, 6.45) is 6.98. The van der Waals surface area contributed by atoms with Crippen molar-refractivity contribution in [3.8, 4) is 5.75 Å². The van der Waals surface area contributed by atoms with Gasteiger partial charge in [-0.15, -0.1) is 0 Å². The van der Waals surface area contributed by atoms with Crippen molar-refractivity contribution in [2.24, 2.45) is 0 Å². The Balaban J connectivity index is 2.20. The zero-order valence-corrected chi connectivity index (χ0v) is 8.23. The van der Waals surface area contributed by atoms with Crippen LogP contribution in [0.15, 0.2) is 30.6 Å². The average Bonchev–Trinajstić information content (AvgIpc) is 2.97. The van der Waals surface area contributed by atoms with Crippen LogP contribution in [-0.4, -0.2) is 11.5 Å². The van der Waals surface area contributed by atoms with E-state index in [-0.39, 0.29) is 0 Å². The first-order chi connectivity index (χ1) is 6.88. The van der Waals surface area contributed by atoms with E-state index >= 15 is 0 Å². The van der Waals surface area contributed by atoms with E-state index in [9.17, 15) is 0 Å². The van der Waals surface area contributed by atoms with E-state index in [1.54, 1.807) is 7.11 Å². The molecule has 2 nitrogen and oxygen atoms in total. The summed E-state index contributed by atoms with van der Waals surface area (Å²) in [5.41, 5.74) is 2.63. The molecule has 2 heteroatoms. The van der Waals surface area contributed by atoms with Gasteiger partial charge in [-0.3, -0.25) is 0 Å². The third kappa shape index (κ3) is 1.10. The number of rotatable bonds is 2. The molecule has 3 rings (SSSR count). The average molecular weight is 187 g/mol. The van der Waals surface area contributed by atoms with E-state index in [1.807, 2.05) is 12.1 Å². The number of ether oxygens (including phenoxy) is 1. The molecule has 0 aromatic carbocycles. The SMILES string of the molecule is COc1cccn2cc(C3CC3)cc12. The van der Waals surface area contributed by atoms with Crippen molar-refractivity contribution in [2.45, 2.75) is 18.8 Å². The number of aromatic nitrogens is 1. The first-order valence-corrected chi connectivity index (χ1v) is 5.03. The second-order valence-electron chi connectivity index (χ2n) is 3.92. The van der Waals surface area contributed by atoms with Gasteiger partial charge in [-0.1, -0.05) is 0 Å². The number of nitrogens with zero attached hydrogens (tertiary/aromatic N) is 1. The molecular formula is C12H13NO. The molecule has 2 aromatic heterocycles. The van der Waals surface area contributed by atoms with E-state index < -0.39 is 0 Å². The van der Waals surface area contributed by atoms with Crippen molar-refractivity contribution in [1.29, 1.82) is 0 Å². The summed E-state index contributed by atoms with van der Waals surface area (Å²) in [6, 6.07) is 6.27. The van der Waals surface area contributed by atoms with Crippen molar-refractivity contribution in [3.05, 3.63) is 36.2 Å². The summed E-state index contributed by atoms with van der Waals surface area (Å²) in [5.74, 6) is 1.76. The van der Waals surface area contributed by atoms with Crippen LogP contribution in [0.25, 0.3) is 5.52 Å². The summed E-state index contributed by atoms with van der Waals surface area (Å²) < 4.78 is 7.47. The minimum atomic E-state index is 0.805. The lowest BCUT2D eigenvalue weighted by Gasteiger charge is -2.01. The van der Waals surface area contributed by atoms with Gasteiger partial charge < -0.3 is 9.14 Å². The van der Waals surface area contributed by atoms with Crippen molar-refractivity contribution < 1.29 is 4.74 Å². The zero-order valence-electron chi connectivity index (χ0n) is 8.23. The molecule has 0 bridgehead atoms. The maximum absolute atomic E-state index is 5.32. The number of fused-ring (bicyclic) bond motifs is 1. The highest BCUT2D eigenvalue weighted by Gasteiger charge is 2.24. The Morgan fingerprint density at radius 3 is 3.00 bits per heavy atom. The maximum atomic E-state index is 5.32. The van der Waals surface area contributed by atoms with Crippen LogP contribution in [0.4, 0.5) is 0 Å². The lowest BCUT2D eigenvalue weighted by molar-refractivity contribution is 0.418. The summed E-state index contributed by atoms with van der Waals surface area (Å²) in [6.45, 7) is 0. The van der Waals surface area contributed by atoms with Gasteiger partial charge in [0.05, 0.1) is 12.6 Å². The Kier molecular flexibility index (Phi) is 1.57. The third-order valence-corrected chi connectivity index (χ3v) is 2.89. The Morgan fingerprint density at radius 2 is 2.29 bits per heavy atom. The van der Waals surface area contributed by atoms with Crippen LogP contribution in [0.2, 0.25) is 0 Å². The molecule has 0 saturated heterocycles. The largest absolute Gasteiger partial charge is 0.495 e. The second kappa shape index (κ2) is 2.77. The number of hydrogen-bond acceptors (Lipinski definition) is 1. The fraction of sp³-hybridized carbons (Fsp3) is 0.333. The summed E-state index contributed by atoms with van der Waals surface area (Å²) >= 11 is 0. The molecule has 72 valence electrons. The molecule has 0 N–H and O–H groups in total. The van der Waals surface area contributed by atoms with Crippen LogP contribution in [0, 0.1) is 0 Å². The Morgan fingerprint density at radius 1 is 1.43 bits per heavy atom. The second-order valence-corrected chi connectivity index (χ2v) is 3.92. The quantitative estimate of drug-likeness (QED) is 0.704. The van der Waals surface area contributed by atoms with Gasteiger partial charge in [-0.25, -0.2) is 0 Å². The normalized spacial score (nSPS) is 16.1. The van der Waals surface area contributed by atoms with E-state index in [1.165, 1.54) is 23.9 Å². The number of hydrogen-bond donors (Lipinski definition) is 0. The van der Waals surface area contributed by atoms with Gasteiger partial charge in [0.15, 0.2) is 0 Å². The van der Waals surface area contributed by atoms with E-state index in [0.29, 0.717) is 0 Å². The molecule has 0 spiro atoms. The monoisotopic (exact) mass is 187 g/mol. The molecule has 0 atom stereocenters. The van der Waals surface area contributed by atoms with Gasteiger partial charge in [0, 0.05) is 12.4 Å². The van der Waals surface area contributed by atoms with Crippen LogP contribution in [0.1, 0.15) is 24.3 Å². The van der Waals surface area contributed by atoms with E-state index in [2.05, 4.69) is 22.9 Å². The first-order valence-electron chi connectivity index (χ1n) is 5.03. The van der Waals surface area contributed by atoms with Gasteiger partial charge in [0.25, 0.3) is 0 Å². The van der Waals surface area contributed by atoms with Crippen molar-refractivity contribution >= 4 is 5.52 Å². The van der Waals surface area contributed by atoms with Crippen LogP contribution in [0.5, 0.6) is 5.75 Å². The molecule has 2 heterocycles. The van der Waals surface area contributed by atoms with Crippen LogP contribution in [-0.2, 0) is 0 Å². The van der Waals surface area contributed by atoms with Gasteiger partial charge in [0.1, 0.15) is 5.75 Å². The molecule has 14 heavy (non-hydrogen) atoms. The first kappa shape index (κ1) is 7.92. The van der Waals surface area contributed by atoms with Crippen molar-refractivity contribution in [3.63, 3.8) is 0 Å². The third-order valence-electron chi connectivity index (χ3n) is 2.89. The highest BCUT2D eigenvalue weighted by molar-refractivity contribution is 5.62. The van der Waals surface area contributed by atoms with E-state index in [0.717, 1.165) is 11.7 Å². The fourth-order valence-corrected chi connectivity index (χ4v) is 1.94. The molecule has 0 radical (unpaired) electrons. The summed E-state index contributed by atoms with van der Waals surface area (Å²) in [5, 5.41) is 0. The van der Waals surface area contributed by atoms with Gasteiger partial charge >= 0.3 is 0 Å². The number of pyridine rings is 1.